The van der Waals surface area contributed by atoms with Crippen molar-refractivity contribution in [1.29, 1.82) is 0 Å². The van der Waals surface area contributed by atoms with Crippen LogP contribution in [-0.2, 0) is 15.3 Å². The van der Waals surface area contributed by atoms with Crippen molar-refractivity contribution in [2.75, 3.05) is 18.9 Å². The molecule has 2 heterocycles. The Kier molecular flexibility index (Phi) is 7.27. The van der Waals surface area contributed by atoms with Gasteiger partial charge in [-0.3, -0.25) is 4.79 Å². The van der Waals surface area contributed by atoms with Gasteiger partial charge >= 0.3 is 5.97 Å². The number of nitrogens with one attached hydrogen (secondary N) is 1. The number of benzene rings is 1. The minimum atomic E-state index is -0.522. The summed E-state index contributed by atoms with van der Waals surface area (Å²) in [4.78, 5) is 25.2. The van der Waals surface area contributed by atoms with Crippen molar-refractivity contribution in [2.45, 2.75) is 12.7 Å². The standard InChI is InChI=1S/C20H21N3O3S2/c1-15-8-9-22-23(15)17-6-4-16(5-7-17)20(25)26-13-19(24)21-10-12-27-14-18-3-2-11-28-18/h2-9,11H,10,12-14H2,1H3,(H,21,24). The molecule has 0 bridgehead atoms. The zero-order valence-electron chi connectivity index (χ0n) is 15.5. The topological polar surface area (TPSA) is 73.2 Å². The van der Waals surface area contributed by atoms with Gasteiger partial charge in [0.1, 0.15) is 0 Å². The number of hydrogen-bond acceptors (Lipinski definition) is 6. The normalized spacial score (nSPS) is 10.6. The van der Waals surface area contributed by atoms with Crippen molar-refractivity contribution >= 4 is 35.0 Å². The molecule has 0 fully saturated rings. The second kappa shape index (κ2) is 10.1. The number of hydrogen-bond donors (Lipinski definition) is 1. The minimum Gasteiger partial charge on any atom is -0.452 e. The lowest BCUT2D eigenvalue weighted by molar-refractivity contribution is -0.124. The Morgan fingerprint density at radius 1 is 1.21 bits per heavy atom. The van der Waals surface area contributed by atoms with Gasteiger partial charge in [-0.1, -0.05) is 6.07 Å². The Labute approximate surface area is 171 Å². The molecule has 28 heavy (non-hydrogen) atoms. The van der Waals surface area contributed by atoms with Crippen LogP contribution in [0.25, 0.3) is 5.69 Å². The van der Waals surface area contributed by atoms with Gasteiger partial charge in [-0.15, -0.1) is 11.3 Å². The van der Waals surface area contributed by atoms with Crippen molar-refractivity contribution in [1.82, 2.24) is 15.1 Å². The summed E-state index contributed by atoms with van der Waals surface area (Å²) in [7, 11) is 0. The number of aryl methyl sites for hydroxylation is 1. The van der Waals surface area contributed by atoms with E-state index in [4.69, 9.17) is 4.74 Å². The third-order valence-corrected chi connectivity index (χ3v) is 5.97. The van der Waals surface area contributed by atoms with Crippen LogP contribution in [-0.4, -0.2) is 40.6 Å². The highest BCUT2D eigenvalue weighted by molar-refractivity contribution is 7.98. The Hall–Kier alpha value is -2.58. The zero-order chi connectivity index (χ0) is 19.8. The second-order valence-electron chi connectivity index (χ2n) is 5.99. The largest absolute Gasteiger partial charge is 0.452 e. The first kappa shape index (κ1) is 20.2. The number of esters is 1. The van der Waals surface area contributed by atoms with Crippen LogP contribution in [0.5, 0.6) is 0 Å². The molecule has 1 N–H and O–H groups in total. The number of ether oxygens (including phenoxy) is 1. The maximum Gasteiger partial charge on any atom is 0.338 e. The lowest BCUT2D eigenvalue weighted by Gasteiger charge is -2.08. The molecule has 0 spiro atoms. The van der Waals surface area contributed by atoms with Gasteiger partial charge in [0.2, 0.25) is 0 Å². The molecule has 0 aliphatic rings. The summed E-state index contributed by atoms with van der Waals surface area (Å²) in [5.41, 5.74) is 2.25. The number of thioether (sulfide) groups is 1. The summed E-state index contributed by atoms with van der Waals surface area (Å²) in [5, 5.41) is 9.03. The van der Waals surface area contributed by atoms with Crippen molar-refractivity contribution < 1.29 is 14.3 Å². The number of thiophene rings is 1. The molecule has 3 rings (SSSR count). The van der Waals surface area contributed by atoms with E-state index >= 15 is 0 Å². The molecule has 0 saturated heterocycles. The van der Waals surface area contributed by atoms with Gasteiger partial charge < -0.3 is 10.1 Å². The smallest absolute Gasteiger partial charge is 0.338 e. The van der Waals surface area contributed by atoms with E-state index in [1.807, 2.05) is 19.1 Å². The molecule has 2 aromatic heterocycles. The van der Waals surface area contributed by atoms with Gasteiger partial charge in [-0.2, -0.15) is 16.9 Å². The van der Waals surface area contributed by atoms with Gasteiger partial charge in [0, 0.05) is 34.8 Å². The Morgan fingerprint density at radius 3 is 2.71 bits per heavy atom. The van der Waals surface area contributed by atoms with E-state index in [0.29, 0.717) is 12.1 Å². The van der Waals surface area contributed by atoms with Crippen molar-refractivity contribution in [3.05, 3.63) is 70.2 Å². The molecule has 0 saturated carbocycles. The number of carbonyl (C=O) groups is 2. The average Bonchev–Trinajstić information content (AvgIpc) is 3.37. The average molecular weight is 416 g/mol. The van der Waals surface area contributed by atoms with Gasteiger partial charge in [0.25, 0.3) is 5.91 Å². The van der Waals surface area contributed by atoms with E-state index in [1.165, 1.54) is 4.88 Å². The lowest BCUT2D eigenvalue weighted by atomic mass is 10.2. The van der Waals surface area contributed by atoms with E-state index < -0.39 is 5.97 Å². The predicted octanol–water partition coefficient (Wildman–Crippen LogP) is 3.45. The highest BCUT2D eigenvalue weighted by Crippen LogP contribution is 2.16. The maximum atomic E-state index is 12.1. The summed E-state index contributed by atoms with van der Waals surface area (Å²) in [6.45, 7) is 2.22. The highest BCUT2D eigenvalue weighted by Gasteiger charge is 2.11. The van der Waals surface area contributed by atoms with Crippen LogP contribution in [0.2, 0.25) is 0 Å². The first-order valence-corrected chi connectivity index (χ1v) is 10.8. The molecule has 0 radical (unpaired) electrons. The van der Waals surface area contributed by atoms with Crippen LogP contribution in [0.15, 0.2) is 54.0 Å². The Balaban J connectivity index is 1.36. The van der Waals surface area contributed by atoms with Crippen molar-refractivity contribution in [3.63, 3.8) is 0 Å². The van der Waals surface area contributed by atoms with Gasteiger partial charge in [0.15, 0.2) is 6.61 Å². The fourth-order valence-electron chi connectivity index (χ4n) is 2.47. The summed E-state index contributed by atoms with van der Waals surface area (Å²) in [6, 6.07) is 12.9. The molecule has 0 atom stereocenters. The summed E-state index contributed by atoms with van der Waals surface area (Å²) >= 11 is 3.48. The number of rotatable bonds is 9. The van der Waals surface area contributed by atoms with Crippen LogP contribution in [0.4, 0.5) is 0 Å². The fraction of sp³-hybridized carbons (Fsp3) is 0.250. The molecule has 3 aromatic rings. The fourth-order valence-corrected chi connectivity index (χ4v) is 4.17. The monoisotopic (exact) mass is 415 g/mol. The lowest BCUT2D eigenvalue weighted by Crippen LogP contribution is -2.30. The third kappa shape index (κ3) is 5.71. The SMILES string of the molecule is Cc1ccnn1-c1ccc(C(=O)OCC(=O)NCCSCc2cccs2)cc1. The number of amides is 1. The van der Waals surface area contributed by atoms with Gasteiger partial charge in [0.05, 0.1) is 11.3 Å². The first-order valence-electron chi connectivity index (χ1n) is 8.78. The quantitative estimate of drug-likeness (QED) is 0.428. The Morgan fingerprint density at radius 2 is 2.04 bits per heavy atom. The molecule has 1 aromatic carbocycles. The summed E-state index contributed by atoms with van der Waals surface area (Å²) < 4.78 is 6.86. The van der Waals surface area contributed by atoms with Crippen LogP contribution in [0, 0.1) is 6.92 Å². The maximum absolute atomic E-state index is 12.1. The van der Waals surface area contributed by atoms with Crippen molar-refractivity contribution in [2.24, 2.45) is 0 Å². The Bertz CT molecular complexity index is 905. The summed E-state index contributed by atoms with van der Waals surface area (Å²) in [6.07, 6.45) is 1.72. The van der Waals surface area contributed by atoms with Gasteiger partial charge in [-0.05, 0) is 48.7 Å². The molecular weight excluding hydrogens is 394 g/mol. The van der Waals surface area contributed by atoms with Gasteiger partial charge in [-0.25, -0.2) is 9.48 Å². The minimum absolute atomic E-state index is 0.283. The molecular formula is C20H21N3O3S2. The highest BCUT2D eigenvalue weighted by atomic mass is 32.2. The molecule has 1 amide bonds. The molecule has 8 heteroatoms. The van der Waals surface area contributed by atoms with Crippen LogP contribution in [0.1, 0.15) is 20.9 Å². The van der Waals surface area contributed by atoms with E-state index in [0.717, 1.165) is 22.9 Å². The molecule has 0 aliphatic carbocycles. The van der Waals surface area contributed by atoms with E-state index in [9.17, 15) is 9.59 Å². The van der Waals surface area contributed by atoms with E-state index in [-0.39, 0.29) is 12.5 Å². The number of nitrogens with zero attached hydrogens (tertiary/aromatic N) is 2. The second-order valence-corrected chi connectivity index (χ2v) is 8.13. The molecule has 146 valence electrons. The summed E-state index contributed by atoms with van der Waals surface area (Å²) in [5.74, 6) is 0.933. The number of aromatic nitrogens is 2. The van der Waals surface area contributed by atoms with Crippen LogP contribution < -0.4 is 5.32 Å². The van der Waals surface area contributed by atoms with Crippen molar-refractivity contribution in [3.8, 4) is 5.69 Å². The van der Waals surface area contributed by atoms with Crippen LogP contribution in [0.3, 0.4) is 0 Å². The predicted molar refractivity (Wildman–Crippen MR) is 112 cm³/mol. The third-order valence-electron chi connectivity index (χ3n) is 3.91. The zero-order valence-corrected chi connectivity index (χ0v) is 17.1. The number of carbonyl (C=O) groups excluding carboxylic acids is 2. The molecule has 0 unspecified atom stereocenters. The van der Waals surface area contributed by atoms with Crippen LogP contribution >= 0.6 is 23.1 Å². The first-order chi connectivity index (χ1) is 13.6. The van der Waals surface area contributed by atoms with E-state index in [2.05, 4.69) is 21.9 Å². The molecule has 6 nitrogen and oxygen atoms in total. The van der Waals surface area contributed by atoms with E-state index in [1.54, 1.807) is 58.2 Å². The molecule has 0 aliphatic heterocycles.